The Morgan fingerprint density at radius 1 is 1.30 bits per heavy atom. The van der Waals surface area contributed by atoms with Crippen molar-refractivity contribution in [1.29, 1.82) is 0 Å². The van der Waals surface area contributed by atoms with E-state index >= 15 is 0 Å². The zero-order chi connectivity index (χ0) is 15.0. The summed E-state index contributed by atoms with van der Waals surface area (Å²) < 4.78 is 4.62. The number of nitrogens with two attached hydrogens (primary N) is 1. The van der Waals surface area contributed by atoms with Gasteiger partial charge in [0.25, 0.3) is 5.91 Å². The predicted molar refractivity (Wildman–Crippen MR) is 75.9 cm³/mol. The molecule has 1 rings (SSSR count). The van der Waals surface area contributed by atoms with Gasteiger partial charge in [0.2, 0.25) is 0 Å². The second-order valence-corrected chi connectivity index (χ2v) is 4.51. The Bertz CT molecular complexity index is 526. The van der Waals surface area contributed by atoms with Gasteiger partial charge in [0.15, 0.2) is 6.61 Å². The third kappa shape index (κ3) is 6.05. The standard InChI is InChI=1S/C13H14N2O4S/c1-20-10-5-2-9(3-6-10)4-7-12(17)19-8-11(16)15-13(14)18/h2-7H,8H2,1H3,(H3,14,15,16,18)/b7-4+. The van der Waals surface area contributed by atoms with E-state index in [4.69, 9.17) is 5.73 Å². The molecular weight excluding hydrogens is 280 g/mol. The van der Waals surface area contributed by atoms with Crippen LogP contribution < -0.4 is 11.1 Å². The molecule has 3 N–H and O–H groups in total. The number of primary amides is 1. The van der Waals surface area contributed by atoms with Gasteiger partial charge in [0.1, 0.15) is 0 Å². The van der Waals surface area contributed by atoms with Gasteiger partial charge in [0, 0.05) is 11.0 Å². The number of carbonyl (C=O) groups excluding carboxylic acids is 3. The Morgan fingerprint density at radius 3 is 2.50 bits per heavy atom. The predicted octanol–water partition coefficient (Wildman–Crippen LogP) is 1.16. The average molecular weight is 294 g/mol. The highest BCUT2D eigenvalue weighted by molar-refractivity contribution is 7.98. The Morgan fingerprint density at radius 2 is 1.95 bits per heavy atom. The molecule has 0 fully saturated rings. The maximum Gasteiger partial charge on any atom is 0.331 e. The Labute approximate surface area is 120 Å². The van der Waals surface area contributed by atoms with E-state index in [0.29, 0.717) is 0 Å². The first kappa shape index (κ1) is 15.8. The number of hydrogen-bond acceptors (Lipinski definition) is 5. The second-order valence-electron chi connectivity index (χ2n) is 3.63. The number of nitrogens with one attached hydrogen (secondary N) is 1. The molecule has 0 aliphatic heterocycles. The number of imide groups is 1. The number of urea groups is 1. The molecule has 0 saturated heterocycles. The molecule has 0 radical (unpaired) electrons. The number of hydrogen-bond donors (Lipinski definition) is 2. The summed E-state index contributed by atoms with van der Waals surface area (Å²) in [5.41, 5.74) is 5.57. The van der Waals surface area contributed by atoms with Crippen LogP contribution >= 0.6 is 11.8 Å². The Hall–Kier alpha value is -2.28. The first-order chi connectivity index (χ1) is 9.51. The van der Waals surface area contributed by atoms with Crippen molar-refractivity contribution in [3.8, 4) is 0 Å². The van der Waals surface area contributed by atoms with Crippen LogP contribution in [0.3, 0.4) is 0 Å². The van der Waals surface area contributed by atoms with E-state index in [9.17, 15) is 14.4 Å². The quantitative estimate of drug-likeness (QED) is 0.482. The van der Waals surface area contributed by atoms with Crippen LogP contribution in [0.4, 0.5) is 4.79 Å². The lowest BCUT2D eigenvalue weighted by Crippen LogP contribution is -2.37. The molecule has 1 aromatic carbocycles. The van der Waals surface area contributed by atoms with Crippen molar-refractivity contribution >= 4 is 35.7 Å². The van der Waals surface area contributed by atoms with Gasteiger partial charge in [-0.05, 0) is 30.0 Å². The summed E-state index contributed by atoms with van der Waals surface area (Å²) in [5.74, 6) is -1.46. The van der Waals surface area contributed by atoms with Gasteiger partial charge in [-0.3, -0.25) is 10.1 Å². The highest BCUT2D eigenvalue weighted by Crippen LogP contribution is 2.15. The summed E-state index contributed by atoms with van der Waals surface area (Å²) >= 11 is 1.62. The Kier molecular flexibility index (Phi) is 6.31. The lowest BCUT2D eigenvalue weighted by molar-refractivity contribution is -0.143. The van der Waals surface area contributed by atoms with Crippen LogP contribution in [-0.4, -0.2) is 30.8 Å². The molecule has 6 nitrogen and oxygen atoms in total. The number of amides is 3. The van der Waals surface area contributed by atoms with Gasteiger partial charge < -0.3 is 10.5 Å². The van der Waals surface area contributed by atoms with Crippen molar-refractivity contribution < 1.29 is 19.1 Å². The minimum absolute atomic E-state index is 0.558. The van der Waals surface area contributed by atoms with Crippen LogP contribution in [0, 0.1) is 0 Å². The lowest BCUT2D eigenvalue weighted by Gasteiger charge is -2.01. The third-order valence-electron chi connectivity index (χ3n) is 2.14. The van der Waals surface area contributed by atoms with Gasteiger partial charge >= 0.3 is 12.0 Å². The summed E-state index contributed by atoms with van der Waals surface area (Å²) in [5, 5.41) is 1.78. The topological polar surface area (TPSA) is 98.5 Å². The molecule has 0 atom stereocenters. The SMILES string of the molecule is CSc1ccc(/C=C/C(=O)OCC(=O)NC(N)=O)cc1. The molecule has 0 saturated carbocycles. The molecule has 0 aromatic heterocycles. The molecule has 0 aliphatic rings. The highest BCUT2D eigenvalue weighted by Gasteiger charge is 2.06. The fourth-order valence-corrected chi connectivity index (χ4v) is 1.65. The van der Waals surface area contributed by atoms with E-state index in [1.165, 1.54) is 6.08 Å². The van der Waals surface area contributed by atoms with Crippen molar-refractivity contribution in [2.45, 2.75) is 4.90 Å². The molecule has 106 valence electrons. The van der Waals surface area contributed by atoms with Gasteiger partial charge in [-0.1, -0.05) is 12.1 Å². The van der Waals surface area contributed by atoms with Crippen LogP contribution in [0.15, 0.2) is 35.2 Å². The number of rotatable bonds is 5. The Balaban J connectivity index is 2.42. The molecule has 0 unspecified atom stereocenters. The van der Waals surface area contributed by atoms with Crippen molar-refractivity contribution in [3.05, 3.63) is 35.9 Å². The van der Waals surface area contributed by atoms with E-state index in [2.05, 4.69) is 4.74 Å². The second kappa shape index (κ2) is 8.00. The van der Waals surface area contributed by atoms with Gasteiger partial charge in [0.05, 0.1) is 0 Å². The minimum Gasteiger partial charge on any atom is -0.452 e. The fourth-order valence-electron chi connectivity index (χ4n) is 1.24. The summed E-state index contributed by atoms with van der Waals surface area (Å²) in [6, 6.07) is 6.58. The molecule has 0 spiro atoms. The molecule has 0 bridgehead atoms. The van der Waals surface area contributed by atoms with Crippen molar-refractivity contribution in [2.75, 3.05) is 12.9 Å². The average Bonchev–Trinajstić information content (AvgIpc) is 2.42. The zero-order valence-electron chi connectivity index (χ0n) is 10.8. The van der Waals surface area contributed by atoms with E-state index in [0.717, 1.165) is 10.5 Å². The first-order valence-electron chi connectivity index (χ1n) is 5.59. The smallest absolute Gasteiger partial charge is 0.331 e. The number of carbonyl (C=O) groups is 3. The monoisotopic (exact) mass is 294 g/mol. The van der Waals surface area contributed by atoms with E-state index in [1.807, 2.05) is 30.5 Å². The molecule has 1 aromatic rings. The maximum atomic E-state index is 11.3. The molecule has 0 aliphatic carbocycles. The highest BCUT2D eigenvalue weighted by atomic mass is 32.2. The van der Waals surface area contributed by atoms with Crippen LogP contribution in [0.2, 0.25) is 0 Å². The van der Waals surface area contributed by atoms with E-state index in [-0.39, 0.29) is 0 Å². The number of esters is 1. The summed E-state index contributed by atoms with van der Waals surface area (Å²) in [6.45, 7) is -0.558. The maximum absolute atomic E-state index is 11.3. The van der Waals surface area contributed by atoms with Gasteiger partial charge in [-0.25, -0.2) is 9.59 Å². The molecule has 3 amide bonds. The first-order valence-corrected chi connectivity index (χ1v) is 6.82. The van der Waals surface area contributed by atoms with Crippen LogP contribution in [0.5, 0.6) is 0 Å². The van der Waals surface area contributed by atoms with Crippen molar-refractivity contribution in [1.82, 2.24) is 5.32 Å². The summed E-state index contributed by atoms with van der Waals surface area (Å²) in [7, 11) is 0. The number of benzene rings is 1. The van der Waals surface area contributed by atoms with Crippen molar-refractivity contribution in [2.24, 2.45) is 5.73 Å². The normalized spacial score (nSPS) is 10.2. The largest absolute Gasteiger partial charge is 0.452 e. The van der Waals surface area contributed by atoms with E-state index in [1.54, 1.807) is 23.2 Å². The molecule has 20 heavy (non-hydrogen) atoms. The number of ether oxygens (including phenoxy) is 1. The van der Waals surface area contributed by atoms with Gasteiger partial charge in [-0.2, -0.15) is 0 Å². The zero-order valence-corrected chi connectivity index (χ0v) is 11.6. The fraction of sp³-hybridized carbons (Fsp3) is 0.154. The van der Waals surface area contributed by atoms with Crippen LogP contribution in [0.1, 0.15) is 5.56 Å². The van der Waals surface area contributed by atoms with Crippen LogP contribution in [0.25, 0.3) is 6.08 Å². The third-order valence-corrected chi connectivity index (χ3v) is 2.88. The molecule has 0 heterocycles. The van der Waals surface area contributed by atoms with Gasteiger partial charge in [-0.15, -0.1) is 11.8 Å². The van der Waals surface area contributed by atoms with Crippen LogP contribution in [-0.2, 0) is 14.3 Å². The minimum atomic E-state index is -0.990. The summed E-state index contributed by atoms with van der Waals surface area (Å²) in [6.07, 6.45) is 4.74. The molecular formula is C13H14N2O4S. The molecule has 7 heteroatoms. The summed E-state index contributed by atoms with van der Waals surface area (Å²) in [4.78, 5) is 33.8. The van der Waals surface area contributed by atoms with E-state index < -0.39 is 24.5 Å². The van der Waals surface area contributed by atoms with Crippen molar-refractivity contribution in [3.63, 3.8) is 0 Å². The lowest BCUT2D eigenvalue weighted by atomic mass is 10.2. The number of thioether (sulfide) groups is 1.